The van der Waals surface area contributed by atoms with Crippen LogP contribution in [0.5, 0.6) is 0 Å². The Labute approximate surface area is 90.2 Å². The topological polar surface area (TPSA) is 51.0 Å². The zero-order chi connectivity index (χ0) is 11.6. The predicted octanol–water partition coefficient (Wildman–Crippen LogP) is 1.99. The van der Waals surface area contributed by atoms with E-state index in [-0.39, 0.29) is 17.8 Å². The Bertz CT molecular complexity index is 344. The minimum atomic E-state index is -4.30. The highest BCUT2D eigenvalue weighted by molar-refractivity contribution is 4.92. The molecule has 1 saturated heterocycles. The summed E-state index contributed by atoms with van der Waals surface area (Å²) < 4.78 is 41.1. The van der Waals surface area contributed by atoms with Gasteiger partial charge < -0.3 is 9.73 Å². The molecule has 1 aromatic heterocycles. The first-order valence-corrected chi connectivity index (χ1v) is 5.17. The Kier molecular flexibility index (Phi) is 3.13. The molecule has 1 aliphatic heterocycles. The summed E-state index contributed by atoms with van der Waals surface area (Å²) >= 11 is 0. The lowest BCUT2D eigenvalue weighted by molar-refractivity contribution is -0.131. The highest BCUT2D eigenvalue weighted by Gasteiger charge is 2.31. The summed E-state index contributed by atoms with van der Waals surface area (Å²) in [5, 5.41) is 10.2. The molecule has 16 heavy (non-hydrogen) atoms. The fourth-order valence-electron chi connectivity index (χ4n) is 1.71. The molecule has 7 heteroatoms. The number of hydrogen-bond donors (Lipinski definition) is 1. The molecular formula is C9H12F3N3O. The van der Waals surface area contributed by atoms with Crippen molar-refractivity contribution in [3.63, 3.8) is 0 Å². The molecule has 2 rings (SSSR count). The van der Waals surface area contributed by atoms with Crippen molar-refractivity contribution in [2.75, 3.05) is 6.54 Å². The third-order valence-electron chi connectivity index (χ3n) is 2.44. The molecule has 2 heterocycles. The van der Waals surface area contributed by atoms with E-state index in [0.717, 1.165) is 25.8 Å². The predicted molar refractivity (Wildman–Crippen MR) is 48.7 cm³/mol. The number of nitrogens with zero attached hydrogens (tertiary/aromatic N) is 2. The van der Waals surface area contributed by atoms with E-state index in [1.54, 1.807) is 0 Å². The van der Waals surface area contributed by atoms with Gasteiger partial charge in [0.05, 0.1) is 6.04 Å². The summed E-state index contributed by atoms with van der Waals surface area (Å²) in [4.78, 5) is 0. The zero-order valence-corrected chi connectivity index (χ0v) is 8.55. The van der Waals surface area contributed by atoms with Crippen LogP contribution in [-0.2, 0) is 6.42 Å². The summed E-state index contributed by atoms with van der Waals surface area (Å²) in [5.74, 6) is -0.103. The van der Waals surface area contributed by atoms with Gasteiger partial charge in [-0.3, -0.25) is 0 Å². The van der Waals surface area contributed by atoms with Crippen LogP contribution in [-0.4, -0.2) is 22.9 Å². The van der Waals surface area contributed by atoms with Gasteiger partial charge in [-0.05, 0) is 19.4 Å². The van der Waals surface area contributed by atoms with Crippen LogP contribution in [0.25, 0.3) is 0 Å². The second-order valence-electron chi connectivity index (χ2n) is 3.83. The molecule has 0 aromatic carbocycles. The maximum atomic E-state index is 12.0. The Balaban J connectivity index is 2.01. The third kappa shape index (κ3) is 2.94. The van der Waals surface area contributed by atoms with Crippen LogP contribution in [0.1, 0.15) is 37.1 Å². The molecule has 0 spiro atoms. The first-order chi connectivity index (χ1) is 7.54. The number of alkyl halides is 3. The van der Waals surface area contributed by atoms with Crippen molar-refractivity contribution in [3.05, 3.63) is 11.8 Å². The molecule has 1 fully saturated rings. The third-order valence-corrected chi connectivity index (χ3v) is 2.44. The Morgan fingerprint density at radius 2 is 2.12 bits per heavy atom. The molecule has 1 atom stereocenters. The molecule has 1 aromatic rings. The van der Waals surface area contributed by atoms with E-state index < -0.39 is 12.6 Å². The summed E-state index contributed by atoms with van der Waals surface area (Å²) in [6, 6.07) is -0.0942. The minimum absolute atomic E-state index is 0.0942. The number of halogens is 3. The van der Waals surface area contributed by atoms with Crippen molar-refractivity contribution < 1.29 is 17.6 Å². The molecule has 0 saturated carbocycles. The van der Waals surface area contributed by atoms with Gasteiger partial charge in [0.2, 0.25) is 11.8 Å². The maximum absolute atomic E-state index is 12.0. The zero-order valence-electron chi connectivity index (χ0n) is 8.55. The largest absolute Gasteiger partial charge is 0.423 e. The molecule has 4 nitrogen and oxygen atoms in total. The lowest BCUT2D eigenvalue weighted by Gasteiger charge is -2.19. The van der Waals surface area contributed by atoms with Crippen LogP contribution in [0, 0.1) is 0 Å². The van der Waals surface area contributed by atoms with Crippen molar-refractivity contribution in [2.45, 2.75) is 37.9 Å². The lowest BCUT2D eigenvalue weighted by Crippen LogP contribution is -2.26. The summed E-state index contributed by atoms with van der Waals surface area (Å²) in [6.07, 6.45) is -2.54. The van der Waals surface area contributed by atoms with Gasteiger partial charge in [0.1, 0.15) is 6.42 Å². The molecule has 1 aliphatic rings. The van der Waals surface area contributed by atoms with Crippen LogP contribution >= 0.6 is 0 Å². The molecule has 1 N–H and O–H groups in total. The Morgan fingerprint density at radius 1 is 1.31 bits per heavy atom. The van der Waals surface area contributed by atoms with Crippen LogP contribution in [0.4, 0.5) is 13.2 Å². The van der Waals surface area contributed by atoms with E-state index in [2.05, 4.69) is 15.5 Å². The first-order valence-electron chi connectivity index (χ1n) is 5.17. The van der Waals surface area contributed by atoms with E-state index in [4.69, 9.17) is 4.42 Å². The molecule has 0 aliphatic carbocycles. The monoisotopic (exact) mass is 235 g/mol. The standard InChI is InChI=1S/C9H12F3N3O/c10-9(11,12)5-7-14-15-8(16-7)6-3-1-2-4-13-6/h6,13H,1-5H2/t6-/m0/s1. The van der Waals surface area contributed by atoms with Gasteiger partial charge in [0.25, 0.3) is 0 Å². The quantitative estimate of drug-likeness (QED) is 0.851. The second kappa shape index (κ2) is 4.40. The number of hydrogen-bond acceptors (Lipinski definition) is 4. The number of piperidine rings is 1. The van der Waals surface area contributed by atoms with Crippen molar-refractivity contribution in [3.8, 4) is 0 Å². The smallest absolute Gasteiger partial charge is 0.397 e. The van der Waals surface area contributed by atoms with E-state index in [9.17, 15) is 13.2 Å². The van der Waals surface area contributed by atoms with Crippen LogP contribution in [0.3, 0.4) is 0 Å². The normalized spacial score (nSPS) is 22.3. The average Bonchev–Trinajstić information content (AvgIpc) is 2.65. The van der Waals surface area contributed by atoms with Gasteiger partial charge in [-0.2, -0.15) is 13.2 Å². The SMILES string of the molecule is FC(F)(F)Cc1nnc([C@@H]2CCCCN2)o1. The second-order valence-corrected chi connectivity index (χ2v) is 3.83. The number of rotatable bonds is 2. The maximum Gasteiger partial charge on any atom is 0.397 e. The van der Waals surface area contributed by atoms with Gasteiger partial charge in [-0.15, -0.1) is 10.2 Å². The minimum Gasteiger partial charge on any atom is -0.423 e. The van der Waals surface area contributed by atoms with E-state index >= 15 is 0 Å². The fraction of sp³-hybridized carbons (Fsp3) is 0.778. The van der Waals surface area contributed by atoms with Gasteiger partial charge in [-0.25, -0.2) is 0 Å². The molecule has 0 unspecified atom stereocenters. The summed E-state index contributed by atoms with van der Waals surface area (Å²) in [6.45, 7) is 0.835. The molecule has 90 valence electrons. The Morgan fingerprint density at radius 3 is 2.75 bits per heavy atom. The van der Waals surface area contributed by atoms with Crippen LogP contribution in [0.2, 0.25) is 0 Å². The van der Waals surface area contributed by atoms with Crippen LogP contribution in [0.15, 0.2) is 4.42 Å². The number of aromatic nitrogens is 2. The van der Waals surface area contributed by atoms with E-state index in [0.29, 0.717) is 0 Å². The Hall–Kier alpha value is -1.11. The molecule has 0 amide bonds. The highest BCUT2D eigenvalue weighted by atomic mass is 19.4. The van der Waals surface area contributed by atoms with Gasteiger partial charge >= 0.3 is 6.18 Å². The van der Waals surface area contributed by atoms with Crippen molar-refractivity contribution >= 4 is 0 Å². The first kappa shape index (κ1) is 11.4. The van der Waals surface area contributed by atoms with Crippen molar-refractivity contribution in [2.24, 2.45) is 0 Å². The van der Waals surface area contributed by atoms with E-state index in [1.807, 2.05) is 0 Å². The summed E-state index contributed by atoms with van der Waals surface area (Å²) in [7, 11) is 0. The molecule has 0 radical (unpaired) electrons. The van der Waals surface area contributed by atoms with Crippen LogP contribution < -0.4 is 5.32 Å². The molecular weight excluding hydrogens is 223 g/mol. The van der Waals surface area contributed by atoms with Gasteiger partial charge in [0.15, 0.2) is 0 Å². The number of nitrogens with one attached hydrogen (secondary N) is 1. The average molecular weight is 235 g/mol. The van der Waals surface area contributed by atoms with Gasteiger partial charge in [-0.1, -0.05) is 6.42 Å². The van der Waals surface area contributed by atoms with E-state index in [1.165, 1.54) is 0 Å². The fourth-order valence-corrected chi connectivity index (χ4v) is 1.71. The highest BCUT2D eigenvalue weighted by Crippen LogP contribution is 2.24. The summed E-state index contributed by atoms with van der Waals surface area (Å²) in [5.41, 5.74) is 0. The lowest BCUT2D eigenvalue weighted by atomic mass is 10.1. The molecule has 0 bridgehead atoms. The van der Waals surface area contributed by atoms with Crippen molar-refractivity contribution in [1.82, 2.24) is 15.5 Å². The van der Waals surface area contributed by atoms with Gasteiger partial charge in [0, 0.05) is 0 Å². The van der Waals surface area contributed by atoms with Crippen molar-refractivity contribution in [1.29, 1.82) is 0 Å².